The lowest BCUT2D eigenvalue weighted by atomic mass is 9.69. The van der Waals surface area contributed by atoms with Crippen molar-refractivity contribution >= 4 is 17.8 Å². The van der Waals surface area contributed by atoms with E-state index in [0.29, 0.717) is 12.1 Å². The average Bonchev–Trinajstić information content (AvgIpc) is 3.02. The summed E-state index contributed by atoms with van der Waals surface area (Å²) in [5.41, 5.74) is 3.47. The number of aliphatic carboxylic acids is 1. The fraction of sp³-hybridized carbons (Fsp3) is 0.417. The van der Waals surface area contributed by atoms with Crippen LogP contribution in [0.3, 0.4) is 0 Å². The van der Waals surface area contributed by atoms with Crippen LogP contribution < -0.4 is 10.6 Å². The molecular formula is C36H46N2O4. The topological polar surface area (TPSA) is 95.5 Å². The smallest absolute Gasteiger partial charge is 0.394 e. The van der Waals surface area contributed by atoms with E-state index >= 15 is 0 Å². The van der Waals surface area contributed by atoms with Gasteiger partial charge in [-0.1, -0.05) is 131 Å². The Balaban J connectivity index is 1.76. The molecular weight excluding hydrogens is 524 g/mol. The molecule has 224 valence electrons. The van der Waals surface area contributed by atoms with Crippen molar-refractivity contribution in [1.29, 1.82) is 0 Å². The molecule has 3 rings (SSSR count). The van der Waals surface area contributed by atoms with Crippen LogP contribution in [-0.2, 0) is 21.5 Å². The normalized spacial score (nSPS) is 11.2. The number of carbonyl (C=O) groups is 3. The number of carboxylic acids is 1. The molecule has 2 amide bonds. The zero-order valence-electron chi connectivity index (χ0n) is 25.2. The first kappa shape index (κ1) is 32.6. The molecule has 0 atom stereocenters. The SMILES string of the molecule is CCCCCCCCCCCCNC(=O)c1ccc(CNC(=O)C(=O)O)c(C(C)(c2ccccc2)c2ccccc2)c1. The van der Waals surface area contributed by atoms with Gasteiger partial charge in [-0.25, -0.2) is 4.79 Å². The molecule has 0 bridgehead atoms. The quantitative estimate of drug-likeness (QED) is 0.0896. The molecule has 6 nitrogen and oxygen atoms in total. The van der Waals surface area contributed by atoms with Crippen LogP contribution >= 0.6 is 0 Å². The second-order valence-corrected chi connectivity index (χ2v) is 11.2. The molecule has 0 aliphatic rings. The van der Waals surface area contributed by atoms with Gasteiger partial charge in [-0.3, -0.25) is 9.59 Å². The Kier molecular flexibility index (Phi) is 13.3. The van der Waals surface area contributed by atoms with Gasteiger partial charge in [-0.2, -0.15) is 0 Å². The highest BCUT2D eigenvalue weighted by atomic mass is 16.4. The predicted molar refractivity (Wildman–Crippen MR) is 169 cm³/mol. The molecule has 0 aliphatic carbocycles. The monoisotopic (exact) mass is 570 g/mol. The number of benzene rings is 3. The van der Waals surface area contributed by atoms with Crippen molar-refractivity contribution in [2.75, 3.05) is 6.54 Å². The highest BCUT2D eigenvalue weighted by Gasteiger charge is 2.34. The van der Waals surface area contributed by atoms with Crippen LogP contribution in [0, 0.1) is 0 Å². The second-order valence-electron chi connectivity index (χ2n) is 11.2. The van der Waals surface area contributed by atoms with Gasteiger partial charge in [0.1, 0.15) is 0 Å². The zero-order chi connectivity index (χ0) is 30.2. The highest BCUT2D eigenvalue weighted by Crippen LogP contribution is 2.40. The summed E-state index contributed by atoms with van der Waals surface area (Å²) in [7, 11) is 0. The molecule has 6 heteroatoms. The van der Waals surface area contributed by atoms with Crippen LogP contribution in [0.5, 0.6) is 0 Å². The zero-order valence-corrected chi connectivity index (χ0v) is 25.2. The van der Waals surface area contributed by atoms with Gasteiger partial charge in [0, 0.05) is 24.1 Å². The molecule has 3 aromatic carbocycles. The third kappa shape index (κ3) is 9.30. The van der Waals surface area contributed by atoms with Crippen molar-refractivity contribution in [3.63, 3.8) is 0 Å². The largest absolute Gasteiger partial charge is 0.474 e. The number of carboxylic acid groups (broad SMARTS) is 1. The van der Waals surface area contributed by atoms with Gasteiger partial charge in [0.2, 0.25) is 0 Å². The molecule has 0 spiro atoms. The van der Waals surface area contributed by atoms with Gasteiger partial charge >= 0.3 is 11.9 Å². The number of hydrogen-bond donors (Lipinski definition) is 3. The maximum absolute atomic E-state index is 13.3. The molecule has 0 heterocycles. The molecule has 3 aromatic rings. The molecule has 0 saturated carbocycles. The first-order valence-corrected chi connectivity index (χ1v) is 15.4. The van der Waals surface area contributed by atoms with Gasteiger partial charge in [0.25, 0.3) is 5.91 Å². The maximum Gasteiger partial charge on any atom is 0.394 e. The number of unbranched alkanes of at least 4 members (excludes halogenated alkanes) is 9. The molecule has 0 aromatic heterocycles. The van der Waals surface area contributed by atoms with E-state index in [1.165, 1.54) is 51.4 Å². The summed E-state index contributed by atoms with van der Waals surface area (Å²) in [5, 5.41) is 14.7. The van der Waals surface area contributed by atoms with E-state index in [9.17, 15) is 14.4 Å². The highest BCUT2D eigenvalue weighted by molar-refractivity contribution is 6.31. The van der Waals surface area contributed by atoms with Crippen molar-refractivity contribution in [3.8, 4) is 0 Å². The summed E-state index contributed by atoms with van der Waals surface area (Å²) in [6.45, 7) is 4.98. The third-order valence-electron chi connectivity index (χ3n) is 8.06. The van der Waals surface area contributed by atoms with Crippen molar-refractivity contribution in [1.82, 2.24) is 10.6 Å². The van der Waals surface area contributed by atoms with Gasteiger partial charge in [-0.05, 0) is 47.7 Å². The van der Waals surface area contributed by atoms with E-state index in [4.69, 9.17) is 5.11 Å². The van der Waals surface area contributed by atoms with Gasteiger partial charge < -0.3 is 15.7 Å². The number of rotatable bonds is 17. The summed E-state index contributed by atoms with van der Waals surface area (Å²) < 4.78 is 0. The standard InChI is InChI=1S/C36H46N2O4/c1-3-4-5-6-7-8-9-10-11-18-25-37-33(39)28-23-24-29(27-38-34(40)35(41)42)32(26-28)36(2,30-19-14-12-15-20-30)31-21-16-13-17-22-31/h12-17,19-24,26H,3-11,18,25,27H2,1-2H3,(H,37,39)(H,38,40)(H,41,42). The Morgan fingerprint density at radius 3 is 1.74 bits per heavy atom. The Hall–Kier alpha value is -3.93. The molecule has 0 radical (unpaired) electrons. The summed E-state index contributed by atoms with van der Waals surface area (Å²) >= 11 is 0. The van der Waals surface area contributed by atoms with Gasteiger partial charge in [0.15, 0.2) is 0 Å². The number of carbonyl (C=O) groups excluding carboxylic acids is 2. The summed E-state index contributed by atoms with van der Waals surface area (Å²) in [5.74, 6) is -2.74. The van der Waals surface area contributed by atoms with Crippen LogP contribution in [0.4, 0.5) is 0 Å². The van der Waals surface area contributed by atoms with Crippen LogP contribution in [0.15, 0.2) is 78.9 Å². The predicted octanol–water partition coefficient (Wildman–Crippen LogP) is 7.39. The summed E-state index contributed by atoms with van der Waals surface area (Å²) in [6.07, 6.45) is 12.4. The minimum Gasteiger partial charge on any atom is -0.474 e. The van der Waals surface area contributed by atoms with E-state index in [1.807, 2.05) is 72.8 Å². The van der Waals surface area contributed by atoms with E-state index < -0.39 is 17.3 Å². The Morgan fingerprint density at radius 1 is 0.690 bits per heavy atom. The van der Waals surface area contributed by atoms with Crippen molar-refractivity contribution < 1.29 is 19.5 Å². The Bertz CT molecular complexity index is 1230. The third-order valence-corrected chi connectivity index (χ3v) is 8.06. The van der Waals surface area contributed by atoms with E-state index in [2.05, 4.69) is 24.5 Å². The van der Waals surface area contributed by atoms with Crippen LogP contribution in [0.25, 0.3) is 0 Å². The van der Waals surface area contributed by atoms with Crippen LogP contribution in [0.2, 0.25) is 0 Å². The van der Waals surface area contributed by atoms with E-state index in [1.54, 1.807) is 6.07 Å². The molecule has 0 aliphatic heterocycles. The fourth-order valence-corrected chi connectivity index (χ4v) is 5.53. The molecule has 0 fully saturated rings. The van der Waals surface area contributed by atoms with Crippen LogP contribution in [0.1, 0.15) is 111 Å². The lowest BCUT2D eigenvalue weighted by Crippen LogP contribution is -2.33. The number of hydrogen-bond acceptors (Lipinski definition) is 3. The van der Waals surface area contributed by atoms with Gasteiger partial charge in [-0.15, -0.1) is 0 Å². The van der Waals surface area contributed by atoms with Crippen molar-refractivity contribution in [2.24, 2.45) is 0 Å². The number of nitrogens with one attached hydrogen (secondary N) is 2. The van der Waals surface area contributed by atoms with Crippen molar-refractivity contribution in [3.05, 3.63) is 107 Å². The van der Waals surface area contributed by atoms with E-state index in [-0.39, 0.29) is 12.5 Å². The minimum absolute atomic E-state index is 0.0240. The summed E-state index contributed by atoms with van der Waals surface area (Å²) in [4.78, 5) is 36.3. The Morgan fingerprint density at radius 2 is 1.21 bits per heavy atom. The lowest BCUT2D eigenvalue weighted by molar-refractivity contribution is -0.150. The van der Waals surface area contributed by atoms with Crippen molar-refractivity contribution in [2.45, 2.75) is 90.0 Å². The van der Waals surface area contributed by atoms with Gasteiger partial charge in [0.05, 0.1) is 0 Å². The number of amides is 2. The van der Waals surface area contributed by atoms with Crippen LogP contribution in [-0.4, -0.2) is 29.4 Å². The van der Waals surface area contributed by atoms with E-state index in [0.717, 1.165) is 35.1 Å². The minimum atomic E-state index is -1.53. The maximum atomic E-state index is 13.3. The first-order valence-electron chi connectivity index (χ1n) is 15.4. The fourth-order valence-electron chi connectivity index (χ4n) is 5.53. The molecule has 0 unspecified atom stereocenters. The lowest BCUT2D eigenvalue weighted by Gasteiger charge is -2.34. The molecule has 42 heavy (non-hydrogen) atoms. The second kappa shape index (κ2) is 17.1. The average molecular weight is 571 g/mol. The Labute approximate surface area is 250 Å². The summed E-state index contributed by atoms with van der Waals surface area (Å²) in [6, 6.07) is 25.5. The first-order chi connectivity index (χ1) is 20.4. The molecule has 3 N–H and O–H groups in total. The molecule has 0 saturated heterocycles.